The van der Waals surface area contributed by atoms with Crippen molar-refractivity contribution < 1.29 is 13.9 Å². The van der Waals surface area contributed by atoms with Gasteiger partial charge in [-0.15, -0.1) is 0 Å². The predicted octanol–water partition coefficient (Wildman–Crippen LogP) is 1.09. The topological polar surface area (TPSA) is 80.2 Å². The highest BCUT2D eigenvalue weighted by Gasteiger charge is 2.16. The standard InChI is InChI=1S/C16H18FN5O2/c1-11-8-12(21-16(20-11)22-4-6-24-7-5-22)9-19-15(23)13-2-3-18-10-14(13)17/h2-3,8,10H,4-7,9H2,1H3,(H,19,23). The van der Waals surface area contributed by atoms with Crippen molar-refractivity contribution in [2.24, 2.45) is 0 Å². The van der Waals surface area contributed by atoms with E-state index in [4.69, 9.17) is 4.74 Å². The maximum Gasteiger partial charge on any atom is 0.254 e. The maximum absolute atomic E-state index is 13.6. The Morgan fingerprint density at radius 3 is 2.92 bits per heavy atom. The first-order valence-electron chi connectivity index (χ1n) is 7.68. The number of nitrogens with one attached hydrogen (secondary N) is 1. The summed E-state index contributed by atoms with van der Waals surface area (Å²) in [4.78, 5) is 26.7. The van der Waals surface area contributed by atoms with Gasteiger partial charge in [-0.3, -0.25) is 9.78 Å². The zero-order valence-corrected chi connectivity index (χ0v) is 13.3. The Hall–Kier alpha value is -2.61. The molecule has 126 valence electrons. The average Bonchev–Trinajstić information content (AvgIpc) is 2.60. The molecule has 1 amide bonds. The van der Waals surface area contributed by atoms with E-state index in [1.54, 1.807) is 6.07 Å². The molecule has 1 fully saturated rings. The van der Waals surface area contributed by atoms with Crippen LogP contribution in [0.1, 0.15) is 21.7 Å². The van der Waals surface area contributed by atoms with Crippen LogP contribution in [-0.4, -0.2) is 47.2 Å². The summed E-state index contributed by atoms with van der Waals surface area (Å²) in [6.45, 7) is 4.82. The number of ether oxygens (including phenoxy) is 1. The van der Waals surface area contributed by atoms with E-state index in [-0.39, 0.29) is 12.1 Å². The summed E-state index contributed by atoms with van der Waals surface area (Å²) < 4.78 is 18.9. The van der Waals surface area contributed by atoms with Crippen molar-refractivity contribution >= 4 is 11.9 Å². The predicted molar refractivity (Wildman–Crippen MR) is 85.2 cm³/mol. The third-order valence-electron chi connectivity index (χ3n) is 3.64. The fraction of sp³-hybridized carbons (Fsp3) is 0.375. The van der Waals surface area contributed by atoms with Gasteiger partial charge in [-0.05, 0) is 19.1 Å². The highest BCUT2D eigenvalue weighted by molar-refractivity contribution is 5.94. The quantitative estimate of drug-likeness (QED) is 0.903. The number of halogens is 1. The van der Waals surface area contributed by atoms with Gasteiger partial charge in [0.1, 0.15) is 0 Å². The van der Waals surface area contributed by atoms with Crippen LogP contribution in [-0.2, 0) is 11.3 Å². The molecule has 2 aromatic heterocycles. The second-order valence-corrected chi connectivity index (χ2v) is 5.44. The summed E-state index contributed by atoms with van der Waals surface area (Å²) in [5, 5.41) is 2.67. The van der Waals surface area contributed by atoms with Crippen molar-refractivity contribution in [3.05, 3.63) is 47.3 Å². The third kappa shape index (κ3) is 3.83. The Morgan fingerprint density at radius 1 is 1.38 bits per heavy atom. The van der Waals surface area contributed by atoms with Gasteiger partial charge >= 0.3 is 0 Å². The van der Waals surface area contributed by atoms with Gasteiger partial charge in [-0.25, -0.2) is 14.4 Å². The molecule has 1 saturated heterocycles. The van der Waals surface area contributed by atoms with Crippen LogP contribution in [0.4, 0.5) is 10.3 Å². The van der Waals surface area contributed by atoms with E-state index in [0.717, 1.165) is 25.0 Å². The van der Waals surface area contributed by atoms with E-state index in [1.165, 1.54) is 12.3 Å². The van der Waals surface area contributed by atoms with Gasteiger partial charge in [0.05, 0.1) is 37.2 Å². The smallest absolute Gasteiger partial charge is 0.254 e. The number of carbonyl (C=O) groups is 1. The Balaban J connectivity index is 1.70. The maximum atomic E-state index is 13.6. The molecule has 1 aliphatic heterocycles. The second-order valence-electron chi connectivity index (χ2n) is 5.44. The molecule has 0 aromatic carbocycles. The second kappa shape index (κ2) is 7.31. The fourth-order valence-corrected chi connectivity index (χ4v) is 2.44. The van der Waals surface area contributed by atoms with Crippen molar-refractivity contribution in [3.63, 3.8) is 0 Å². The van der Waals surface area contributed by atoms with Crippen molar-refractivity contribution in [3.8, 4) is 0 Å². The van der Waals surface area contributed by atoms with Crippen LogP contribution < -0.4 is 10.2 Å². The van der Waals surface area contributed by atoms with Crippen LogP contribution in [0.5, 0.6) is 0 Å². The lowest BCUT2D eigenvalue weighted by Gasteiger charge is -2.27. The number of morpholine rings is 1. The van der Waals surface area contributed by atoms with Crippen LogP contribution in [0.3, 0.4) is 0 Å². The summed E-state index contributed by atoms with van der Waals surface area (Å²) in [5.41, 5.74) is 1.45. The number of hydrogen-bond acceptors (Lipinski definition) is 6. The zero-order chi connectivity index (χ0) is 16.9. The van der Waals surface area contributed by atoms with E-state index in [2.05, 4.69) is 20.3 Å². The monoisotopic (exact) mass is 331 g/mol. The molecule has 2 aromatic rings. The first kappa shape index (κ1) is 16.3. The molecule has 0 unspecified atom stereocenters. The molecule has 0 bridgehead atoms. The number of aryl methyl sites for hydroxylation is 1. The molecule has 1 N–H and O–H groups in total. The number of carbonyl (C=O) groups excluding carboxylic acids is 1. The van der Waals surface area contributed by atoms with Gasteiger partial charge in [0.15, 0.2) is 5.82 Å². The minimum absolute atomic E-state index is 0.0378. The van der Waals surface area contributed by atoms with E-state index >= 15 is 0 Å². The Kier molecular flexibility index (Phi) is 4.95. The Labute approximate surface area is 138 Å². The minimum atomic E-state index is -0.650. The van der Waals surface area contributed by atoms with E-state index in [1.807, 2.05) is 11.8 Å². The minimum Gasteiger partial charge on any atom is -0.378 e. The first-order valence-corrected chi connectivity index (χ1v) is 7.68. The summed E-state index contributed by atoms with van der Waals surface area (Å²) in [5.74, 6) is -0.528. The molecule has 0 saturated carbocycles. The molecule has 24 heavy (non-hydrogen) atoms. The van der Waals surface area contributed by atoms with Crippen molar-refractivity contribution in [1.82, 2.24) is 20.3 Å². The molecule has 0 aliphatic carbocycles. The Morgan fingerprint density at radius 2 is 2.17 bits per heavy atom. The molecule has 8 heteroatoms. The van der Waals surface area contributed by atoms with Crippen LogP contribution in [0.15, 0.2) is 24.5 Å². The Bertz CT molecular complexity index is 734. The van der Waals surface area contributed by atoms with Crippen LogP contribution in [0.2, 0.25) is 0 Å². The molecule has 3 rings (SSSR count). The third-order valence-corrected chi connectivity index (χ3v) is 3.64. The number of aromatic nitrogens is 3. The largest absolute Gasteiger partial charge is 0.378 e. The number of hydrogen-bond donors (Lipinski definition) is 1. The van der Waals surface area contributed by atoms with Crippen molar-refractivity contribution in [1.29, 1.82) is 0 Å². The zero-order valence-electron chi connectivity index (χ0n) is 13.3. The molecule has 7 nitrogen and oxygen atoms in total. The highest BCUT2D eigenvalue weighted by atomic mass is 19.1. The molecular formula is C16H18FN5O2. The van der Waals surface area contributed by atoms with E-state index in [9.17, 15) is 9.18 Å². The lowest BCUT2D eigenvalue weighted by Crippen LogP contribution is -2.37. The molecule has 0 atom stereocenters. The summed E-state index contributed by atoms with van der Waals surface area (Å²) in [6.07, 6.45) is 2.39. The molecule has 0 radical (unpaired) electrons. The number of nitrogens with zero attached hydrogens (tertiary/aromatic N) is 4. The molecule has 3 heterocycles. The van der Waals surface area contributed by atoms with Gasteiger partial charge in [0.25, 0.3) is 5.91 Å². The number of anilines is 1. The van der Waals surface area contributed by atoms with Gasteiger partial charge in [-0.2, -0.15) is 0 Å². The summed E-state index contributed by atoms with van der Waals surface area (Å²) >= 11 is 0. The van der Waals surface area contributed by atoms with Gasteiger partial charge < -0.3 is 15.0 Å². The molecule has 1 aliphatic rings. The van der Waals surface area contributed by atoms with E-state index < -0.39 is 11.7 Å². The number of amides is 1. The summed E-state index contributed by atoms with van der Waals surface area (Å²) in [7, 11) is 0. The lowest BCUT2D eigenvalue weighted by atomic mass is 10.2. The van der Waals surface area contributed by atoms with Crippen LogP contribution in [0.25, 0.3) is 0 Å². The van der Waals surface area contributed by atoms with Crippen LogP contribution in [0, 0.1) is 12.7 Å². The van der Waals surface area contributed by atoms with Gasteiger partial charge in [0.2, 0.25) is 5.95 Å². The highest BCUT2D eigenvalue weighted by Crippen LogP contribution is 2.12. The lowest BCUT2D eigenvalue weighted by molar-refractivity contribution is 0.0946. The van der Waals surface area contributed by atoms with Gasteiger partial charge in [0, 0.05) is 25.0 Å². The normalized spacial score (nSPS) is 14.5. The molecular weight excluding hydrogens is 313 g/mol. The SMILES string of the molecule is Cc1cc(CNC(=O)c2ccncc2F)nc(N2CCOCC2)n1. The van der Waals surface area contributed by atoms with Crippen molar-refractivity contribution in [2.45, 2.75) is 13.5 Å². The number of pyridine rings is 1. The fourth-order valence-electron chi connectivity index (χ4n) is 2.44. The van der Waals surface area contributed by atoms with Crippen LogP contribution >= 0.6 is 0 Å². The van der Waals surface area contributed by atoms with E-state index in [0.29, 0.717) is 24.9 Å². The first-order chi connectivity index (χ1) is 11.6. The summed E-state index contributed by atoms with van der Waals surface area (Å²) in [6, 6.07) is 3.14. The van der Waals surface area contributed by atoms with Gasteiger partial charge in [-0.1, -0.05) is 0 Å². The number of rotatable bonds is 4. The average molecular weight is 331 g/mol. The van der Waals surface area contributed by atoms with Crippen molar-refractivity contribution in [2.75, 3.05) is 31.2 Å². The molecule has 0 spiro atoms.